The predicted molar refractivity (Wildman–Crippen MR) is 182 cm³/mol. The predicted octanol–water partition coefficient (Wildman–Crippen LogP) is 5.18. The van der Waals surface area contributed by atoms with E-state index in [4.69, 9.17) is 9.47 Å². The van der Waals surface area contributed by atoms with Gasteiger partial charge in [-0.05, 0) is 41.0 Å². The van der Waals surface area contributed by atoms with Gasteiger partial charge in [-0.25, -0.2) is 13.1 Å². The molecule has 2 aliphatic rings. The molecule has 2 N–H and O–H groups in total. The summed E-state index contributed by atoms with van der Waals surface area (Å²) in [7, 11) is -3.63. The zero-order chi connectivity index (χ0) is 33.7. The van der Waals surface area contributed by atoms with E-state index in [2.05, 4.69) is 21.4 Å². The first-order valence-electron chi connectivity index (χ1n) is 16.1. The van der Waals surface area contributed by atoms with Gasteiger partial charge < -0.3 is 19.5 Å². The van der Waals surface area contributed by atoms with Crippen LogP contribution in [0.5, 0.6) is 0 Å². The Labute approximate surface area is 280 Å². The summed E-state index contributed by atoms with van der Waals surface area (Å²) in [6.45, 7) is 6.18. The molecule has 4 aromatic rings. The Kier molecular flexibility index (Phi) is 10.5. The number of aliphatic hydroxyl groups excluding tert-OH is 1. The van der Waals surface area contributed by atoms with Crippen molar-refractivity contribution in [3.05, 3.63) is 135 Å². The number of nitro groups is 1. The van der Waals surface area contributed by atoms with Crippen LogP contribution in [-0.4, -0.2) is 62.2 Å². The monoisotopic (exact) mass is 672 g/mol. The van der Waals surface area contributed by atoms with Crippen LogP contribution in [0.4, 0.5) is 11.4 Å². The van der Waals surface area contributed by atoms with E-state index in [1.807, 2.05) is 48.5 Å². The molecule has 11 nitrogen and oxygen atoms in total. The smallest absolute Gasteiger partial charge is 0.269 e. The van der Waals surface area contributed by atoms with Crippen LogP contribution in [-0.2, 0) is 32.6 Å². The van der Waals surface area contributed by atoms with Crippen molar-refractivity contribution in [1.82, 2.24) is 9.62 Å². The van der Waals surface area contributed by atoms with Crippen molar-refractivity contribution in [3.63, 3.8) is 0 Å². The largest absolute Gasteiger partial charge is 0.392 e. The maximum absolute atomic E-state index is 12.7. The fourth-order valence-electron chi connectivity index (χ4n) is 6.21. The van der Waals surface area contributed by atoms with Crippen molar-refractivity contribution in [2.75, 3.05) is 37.6 Å². The van der Waals surface area contributed by atoms with Gasteiger partial charge >= 0.3 is 0 Å². The van der Waals surface area contributed by atoms with Gasteiger partial charge in [-0.3, -0.25) is 15.0 Å². The van der Waals surface area contributed by atoms with Gasteiger partial charge in [0.15, 0.2) is 6.29 Å². The van der Waals surface area contributed by atoms with Gasteiger partial charge in [0.25, 0.3) is 5.69 Å². The van der Waals surface area contributed by atoms with E-state index in [-0.39, 0.29) is 46.8 Å². The number of rotatable bonds is 11. The molecular weight excluding hydrogens is 632 g/mol. The number of hydrogen-bond acceptors (Lipinski definition) is 9. The van der Waals surface area contributed by atoms with E-state index < -0.39 is 16.3 Å². The number of nitrogens with zero attached hydrogens (tertiary/aromatic N) is 3. The first-order chi connectivity index (χ1) is 23.2. The van der Waals surface area contributed by atoms with Crippen molar-refractivity contribution >= 4 is 21.4 Å². The average Bonchev–Trinajstić information content (AvgIpc) is 3.12. The van der Waals surface area contributed by atoms with Gasteiger partial charge in [-0.1, -0.05) is 73.7 Å². The zero-order valence-corrected chi connectivity index (χ0v) is 27.5. The zero-order valence-electron chi connectivity index (χ0n) is 26.7. The molecule has 0 amide bonds. The van der Waals surface area contributed by atoms with Crippen LogP contribution < -0.4 is 9.62 Å². The molecule has 2 saturated heterocycles. The molecule has 12 heteroatoms. The van der Waals surface area contributed by atoms with Crippen LogP contribution in [0.2, 0.25) is 0 Å². The summed E-state index contributed by atoms with van der Waals surface area (Å²) >= 11 is 0. The normalized spacial score (nSPS) is 22.0. The lowest BCUT2D eigenvalue weighted by Crippen LogP contribution is -2.51. The number of sulfonamides is 1. The van der Waals surface area contributed by atoms with E-state index in [1.54, 1.807) is 54.6 Å². The van der Waals surface area contributed by atoms with E-state index >= 15 is 0 Å². The topological polar surface area (TPSA) is 134 Å². The van der Waals surface area contributed by atoms with Crippen LogP contribution in [0.15, 0.2) is 108 Å². The van der Waals surface area contributed by atoms with Gasteiger partial charge in [-0.15, -0.1) is 0 Å². The number of ether oxygens (including phenoxy) is 2. The lowest BCUT2D eigenvalue weighted by molar-refractivity contribution is -0.384. The number of anilines is 1. The number of nitro benzene ring substituents is 1. The molecule has 0 aliphatic carbocycles. The van der Waals surface area contributed by atoms with Crippen LogP contribution in [0.1, 0.15) is 41.6 Å². The van der Waals surface area contributed by atoms with E-state index in [0.29, 0.717) is 6.54 Å². The number of non-ortho nitro benzene ring substituents is 1. The summed E-state index contributed by atoms with van der Waals surface area (Å²) < 4.78 is 41.3. The Morgan fingerprint density at radius 3 is 2.08 bits per heavy atom. The summed E-state index contributed by atoms with van der Waals surface area (Å²) in [5.41, 5.74) is 4.53. The lowest BCUT2D eigenvalue weighted by Gasteiger charge is -2.44. The SMILES string of the molecule is C[C@H]1[C@@H](CN2CCN(c3ccc([N+](=O)[O-])cc3)CC2)O[C@@H](c2ccc(CNS(=O)(=O)c3ccccc3)cc2)O[C@H]1c1ccc(CO)cc1. The first kappa shape index (κ1) is 33.7. The van der Waals surface area contributed by atoms with Crippen LogP contribution in [0.25, 0.3) is 0 Å². The summed E-state index contributed by atoms with van der Waals surface area (Å²) in [6, 6.07) is 30.4. The number of nitrogens with one attached hydrogen (secondary N) is 1. The second-order valence-corrected chi connectivity index (χ2v) is 14.0. The highest BCUT2D eigenvalue weighted by Gasteiger charge is 2.39. The Balaban J connectivity index is 1.14. The van der Waals surface area contributed by atoms with Gasteiger partial charge in [0.2, 0.25) is 10.0 Å². The average molecular weight is 673 g/mol. The van der Waals surface area contributed by atoms with Gasteiger partial charge in [-0.2, -0.15) is 0 Å². The molecule has 0 aromatic heterocycles. The molecule has 0 unspecified atom stereocenters. The standard InChI is InChI=1S/C36H40N4O7S/c1-26-34(24-38-19-21-39(22-20-38)31-15-17-32(18-16-31)40(42)43)46-36(47-35(26)29-11-9-28(25-41)10-12-29)30-13-7-27(8-14-30)23-37-48(44,45)33-5-3-2-4-6-33/h2-18,26,34-37,41H,19-25H2,1H3/t26-,34+,35+,36+/m0/s1. The quantitative estimate of drug-likeness (QED) is 0.163. The van der Waals surface area contributed by atoms with Crippen molar-refractivity contribution in [3.8, 4) is 0 Å². The molecule has 2 aliphatic heterocycles. The van der Waals surface area contributed by atoms with Gasteiger partial charge in [0.1, 0.15) is 0 Å². The molecule has 48 heavy (non-hydrogen) atoms. The van der Waals surface area contributed by atoms with Gasteiger partial charge in [0.05, 0.1) is 28.6 Å². The fraction of sp³-hybridized carbons (Fsp3) is 0.333. The van der Waals surface area contributed by atoms with Crippen molar-refractivity contribution in [1.29, 1.82) is 0 Å². The molecule has 2 heterocycles. The van der Waals surface area contributed by atoms with Crippen molar-refractivity contribution < 1.29 is 27.9 Å². The Bertz CT molecular complexity index is 1760. The number of aliphatic hydroxyl groups is 1. The second kappa shape index (κ2) is 14.9. The minimum absolute atomic E-state index is 0.0283. The maximum atomic E-state index is 12.7. The van der Waals surface area contributed by atoms with Crippen LogP contribution in [0.3, 0.4) is 0 Å². The third-order valence-corrected chi connectivity index (χ3v) is 10.5. The lowest BCUT2D eigenvalue weighted by atomic mass is 9.90. The van der Waals surface area contributed by atoms with E-state index in [0.717, 1.165) is 54.1 Å². The Hall–Kier alpha value is -4.17. The Morgan fingerprint density at radius 1 is 0.833 bits per heavy atom. The number of piperazine rings is 1. The molecule has 4 aromatic carbocycles. The van der Waals surface area contributed by atoms with Crippen LogP contribution in [0, 0.1) is 16.0 Å². The second-order valence-electron chi connectivity index (χ2n) is 12.3. The molecule has 0 radical (unpaired) electrons. The molecule has 2 fully saturated rings. The summed E-state index contributed by atoms with van der Waals surface area (Å²) in [4.78, 5) is 15.5. The van der Waals surface area contributed by atoms with Gasteiger partial charge in [0, 0.05) is 68.6 Å². The summed E-state index contributed by atoms with van der Waals surface area (Å²) in [6.07, 6.45) is -1.03. The van der Waals surface area contributed by atoms with Crippen molar-refractivity contribution in [2.45, 2.75) is 43.5 Å². The molecule has 0 bridgehead atoms. The third-order valence-electron chi connectivity index (χ3n) is 9.13. The highest BCUT2D eigenvalue weighted by molar-refractivity contribution is 7.89. The minimum atomic E-state index is -3.63. The molecule has 252 valence electrons. The minimum Gasteiger partial charge on any atom is -0.392 e. The third kappa shape index (κ3) is 7.92. The van der Waals surface area contributed by atoms with Crippen molar-refractivity contribution in [2.24, 2.45) is 5.92 Å². The Morgan fingerprint density at radius 2 is 1.46 bits per heavy atom. The highest BCUT2D eigenvalue weighted by Crippen LogP contribution is 2.42. The summed E-state index contributed by atoms with van der Waals surface area (Å²) in [5.74, 6) is 0.0283. The highest BCUT2D eigenvalue weighted by atomic mass is 32.2. The maximum Gasteiger partial charge on any atom is 0.269 e. The number of benzene rings is 4. The van der Waals surface area contributed by atoms with E-state index in [9.17, 15) is 23.6 Å². The summed E-state index contributed by atoms with van der Waals surface area (Å²) in [5, 5.41) is 20.6. The number of hydrogen-bond donors (Lipinski definition) is 2. The molecule has 0 spiro atoms. The van der Waals surface area contributed by atoms with Crippen LogP contribution >= 0.6 is 0 Å². The molecule has 0 saturated carbocycles. The van der Waals surface area contributed by atoms with E-state index in [1.165, 1.54) is 0 Å². The fourth-order valence-corrected chi connectivity index (χ4v) is 7.25. The molecule has 4 atom stereocenters. The molecule has 6 rings (SSSR count). The molecular formula is C36H40N4O7S. The first-order valence-corrected chi connectivity index (χ1v) is 17.5.